The monoisotopic (exact) mass is 404 g/mol. The van der Waals surface area contributed by atoms with Crippen molar-refractivity contribution in [3.05, 3.63) is 40.1 Å². The molecule has 1 fully saturated rings. The van der Waals surface area contributed by atoms with Gasteiger partial charge in [0.25, 0.3) is 5.91 Å². The van der Waals surface area contributed by atoms with E-state index < -0.39 is 5.60 Å². The second-order valence-electron chi connectivity index (χ2n) is 8.06. The number of aryl methyl sites for hydroxylation is 1. The van der Waals surface area contributed by atoms with Crippen LogP contribution in [0.25, 0.3) is 0 Å². The van der Waals surface area contributed by atoms with Gasteiger partial charge in [0.15, 0.2) is 0 Å². The zero-order valence-corrected chi connectivity index (χ0v) is 17.7. The van der Waals surface area contributed by atoms with Crippen molar-refractivity contribution in [2.75, 3.05) is 13.1 Å². The Bertz CT molecular complexity index is 829. The highest BCUT2D eigenvalue weighted by molar-refractivity contribution is 7.09. The molecule has 0 atom stereocenters. The maximum Gasteiger partial charge on any atom is 0.410 e. The molecule has 28 heavy (non-hydrogen) atoms. The van der Waals surface area contributed by atoms with E-state index in [1.807, 2.05) is 56.0 Å². The van der Waals surface area contributed by atoms with Crippen LogP contribution in [-0.2, 0) is 11.3 Å². The van der Waals surface area contributed by atoms with Gasteiger partial charge in [0.1, 0.15) is 16.3 Å². The van der Waals surface area contributed by atoms with Gasteiger partial charge in [0.05, 0.1) is 6.54 Å². The van der Waals surface area contributed by atoms with E-state index in [9.17, 15) is 9.59 Å². The van der Waals surface area contributed by atoms with Gasteiger partial charge in [-0.15, -0.1) is 11.3 Å². The van der Waals surface area contributed by atoms with Crippen molar-refractivity contribution in [3.8, 4) is 0 Å². The Morgan fingerprint density at radius 2 is 2.04 bits per heavy atom. The van der Waals surface area contributed by atoms with Crippen molar-refractivity contribution in [2.24, 2.45) is 0 Å². The Labute approximate surface area is 169 Å². The maximum atomic E-state index is 12.6. The third-order valence-electron chi connectivity index (χ3n) is 4.59. The van der Waals surface area contributed by atoms with E-state index in [4.69, 9.17) is 4.74 Å². The lowest BCUT2D eigenvalue weighted by Crippen LogP contribution is -2.42. The number of carbonyl (C=O) groups is 2. The molecule has 0 bridgehead atoms. The molecule has 2 amide bonds. The number of ether oxygens (including phenoxy) is 1. The molecule has 152 valence electrons. The lowest BCUT2D eigenvalue weighted by molar-refractivity contribution is 0.0187. The molecule has 3 heterocycles. The van der Waals surface area contributed by atoms with Crippen molar-refractivity contribution in [2.45, 2.75) is 58.7 Å². The molecule has 2 aromatic heterocycles. The third-order valence-corrected chi connectivity index (χ3v) is 5.55. The average Bonchev–Trinajstić information content (AvgIpc) is 3.27. The van der Waals surface area contributed by atoms with Gasteiger partial charge < -0.3 is 19.5 Å². The molecule has 0 aliphatic carbocycles. The van der Waals surface area contributed by atoms with Gasteiger partial charge in [0, 0.05) is 36.4 Å². The van der Waals surface area contributed by atoms with Crippen LogP contribution in [0.1, 0.15) is 60.8 Å². The summed E-state index contributed by atoms with van der Waals surface area (Å²) in [5.41, 5.74) is 1.12. The van der Waals surface area contributed by atoms with Crippen molar-refractivity contribution < 1.29 is 14.3 Å². The van der Waals surface area contributed by atoms with Gasteiger partial charge in [-0.2, -0.15) is 0 Å². The first-order valence-electron chi connectivity index (χ1n) is 9.57. The van der Waals surface area contributed by atoms with E-state index >= 15 is 0 Å². The van der Waals surface area contributed by atoms with Crippen LogP contribution in [-0.4, -0.2) is 45.1 Å². The number of nitrogens with zero attached hydrogens (tertiary/aromatic N) is 3. The number of rotatable bonds is 4. The molecule has 0 spiro atoms. The van der Waals surface area contributed by atoms with Crippen LogP contribution in [0.3, 0.4) is 0 Å². The number of amides is 2. The number of thiazole rings is 1. The molecule has 0 saturated carbocycles. The summed E-state index contributed by atoms with van der Waals surface area (Å²) in [7, 11) is 0. The fraction of sp³-hybridized carbons (Fsp3) is 0.550. The SMILES string of the molecule is Cc1csc(CNC(=O)c2cccn2C2CCN(C(=O)OC(C)(C)C)CC2)n1. The maximum absolute atomic E-state index is 12.6. The number of carbonyl (C=O) groups excluding carboxylic acids is 2. The van der Waals surface area contributed by atoms with Crippen LogP contribution in [0, 0.1) is 6.92 Å². The van der Waals surface area contributed by atoms with Gasteiger partial charge in [0.2, 0.25) is 0 Å². The largest absolute Gasteiger partial charge is 0.444 e. The number of piperidine rings is 1. The number of hydrogen-bond acceptors (Lipinski definition) is 5. The van der Waals surface area contributed by atoms with E-state index in [0.717, 1.165) is 23.5 Å². The van der Waals surface area contributed by atoms with Gasteiger partial charge in [-0.1, -0.05) is 0 Å². The van der Waals surface area contributed by atoms with Crippen LogP contribution in [0.15, 0.2) is 23.7 Å². The van der Waals surface area contributed by atoms with Crippen LogP contribution < -0.4 is 5.32 Å². The predicted molar refractivity (Wildman–Crippen MR) is 109 cm³/mol. The van der Waals surface area contributed by atoms with E-state index in [1.54, 1.807) is 16.2 Å². The third kappa shape index (κ3) is 5.13. The second kappa shape index (κ2) is 8.34. The summed E-state index contributed by atoms with van der Waals surface area (Å²) in [6.07, 6.45) is 3.26. The highest BCUT2D eigenvalue weighted by Crippen LogP contribution is 2.25. The quantitative estimate of drug-likeness (QED) is 0.842. The summed E-state index contributed by atoms with van der Waals surface area (Å²) < 4.78 is 7.47. The van der Waals surface area contributed by atoms with Crippen LogP contribution >= 0.6 is 11.3 Å². The lowest BCUT2D eigenvalue weighted by Gasteiger charge is -2.34. The summed E-state index contributed by atoms with van der Waals surface area (Å²) >= 11 is 1.55. The molecule has 0 radical (unpaired) electrons. The highest BCUT2D eigenvalue weighted by atomic mass is 32.1. The summed E-state index contributed by atoms with van der Waals surface area (Å²) in [6.45, 7) is 9.23. The van der Waals surface area contributed by atoms with Crippen LogP contribution in [0.5, 0.6) is 0 Å². The van der Waals surface area contributed by atoms with E-state index in [1.165, 1.54) is 0 Å². The Kier molecular flexibility index (Phi) is 6.07. The van der Waals surface area contributed by atoms with Gasteiger partial charge in [-0.05, 0) is 52.7 Å². The standard InChI is InChI=1S/C20H28N4O3S/c1-14-13-28-17(22-14)12-21-18(25)16-6-5-9-24(16)15-7-10-23(11-8-15)19(26)27-20(2,3)4/h5-6,9,13,15H,7-8,10-12H2,1-4H3,(H,21,25). The first-order valence-corrected chi connectivity index (χ1v) is 10.4. The molecule has 1 aliphatic heterocycles. The Morgan fingerprint density at radius 3 is 2.64 bits per heavy atom. The fourth-order valence-electron chi connectivity index (χ4n) is 3.29. The second-order valence-corrected chi connectivity index (χ2v) is 9.01. The molecular formula is C20H28N4O3S. The minimum absolute atomic E-state index is 0.104. The Balaban J connectivity index is 1.57. The molecule has 8 heteroatoms. The number of hydrogen-bond donors (Lipinski definition) is 1. The summed E-state index contributed by atoms with van der Waals surface area (Å²) in [5, 5.41) is 5.82. The Hall–Kier alpha value is -2.35. The van der Waals surface area contributed by atoms with E-state index in [0.29, 0.717) is 25.3 Å². The van der Waals surface area contributed by atoms with Crippen LogP contribution in [0.2, 0.25) is 0 Å². The zero-order chi connectivity index (χ0) is 20.3. The summed E-state index contributed by atoms with van der Waals surface area (Å²) in [6, 6.07) is 3.92. The number of likely N-dealkylation sites (tertiary alicyclic amines) is 1. The lowest BCUT2D eigenvalue weighted by atomic mass is 10.0. The topological polar surface area (TPSA) is 76.5 Å². The minimum atomic E-state index is -0.490. The Morgan fingerprint density at radius 1 is 1.32 bits per heavy atom. The van der Waals surface area contributed by atoms with Gasteiger partial charge in [-0.25, -0.2) is 9.78 Å². The first-order chi connectivity index (χ1) is 13.2. The summed E-state index contributed by atoms with van der Waals surface area (Å²) in [4.78, 5) is 31.0. The molecule has 0 aromatic carbocycles. The number of nitrogens with one attached hydrogen (secondary N) is 1. The molecule has 1 N–H and O–H groups in total. The predicted octanol–water partition coefficient (Wildman–Crippen LogP) is 3.76. The minimum Gasteiger partial charge on any atom is -0.444 e. The molecule has 3 rings (SSSR count). The fourth-order valence-corrected chi connectivity index (χ4v) is 4.00. The first kappa shape index (κ1) is 20.4. The van der Waals surface area contributed by atoms with E-state index in [-0.39, 0.29) is 18.0 Å². The van der Waals surface area contributed by atoms with Crippen molar-refractivity contribution >= 4 is 23.3 Å². The number of aromatic nitrogens is 2. The molecule has 0 unspecified atom stereocenters. The van der Waals surface area contributed by atoms with Crippen molar-refractivity contribution in [1.82, 2.24) is 19.8 Å². The molecular weight excluding hydrogens is 376 g/mol. The molecule has 7 nitrogen and oxygen atoms in total. The smallest absolute Gasteiger partial charge is 0.410 e. The normalized spacial score (nSPS) is 15.5. The zero-order valence-electron chi connectivity index (χ0n) is 16.9. The van der Waals surface area contributed by atoms with E-state index in [2.05, 4.69) is 10.3 Å². The summed E-state index contributed by atoms with van der Waals surface area (Å²) in [5.74, 6) is -0.104. The van der Waals surface area contributed by atoms with Crippen molar-refractivity contribution in [3.63, 3.8) is 0 Å². The average molecular weight is 405 g/mol. The van der Waals surface area contributed by atoms with Crippen LogP contribution in [0.4, 0.5) is 4.79 Å². The molecule has 1 aliphatic rings. The van der Waals surface area contributed by atoms with Gasteiger partial charge >= 0.3 is 6.09 Å². The molecule has 2 aromatic rings. The highest BCUT2D eigenvalue weighted by Gasteiger charge is 2.28. The molecule has 1 saturated heterocycles. The van der Waals surface area contributed by atoms with Gasteiger partial charge in [-0.3, -0.25) is 4.79 Å². The van der Waals surface area contributed by atoms with Crippen molar-refractivity contribution in [1.29, 1.82) is 0 Å².